The number of phenolic OH excluding ortho intramolecular Hbond substituents is 1. The van der Waals surface area contributed by atoms with Crippen molar-refractivity contribution in [2.24, 2.45) is 5.10 Å². The van der Waals surface area contributed by atoms with Crippen LogP contribution in [0, 0.1) is 0 Å². The molecular weight excluding hydrogens is 464 g/mol. The molecule has 1 aliphatic carbocycles. The fraction of sp³-hybridized carbons (Fsp3) is 0.273. The monoisotopic (exact) mass is 486 g/mol. The highest BCUT2D eigenvalue weighted by Crippen LogP contribution is 2.21. The van der Waals surface area contributed by atoms with Gasteiger partial charge in [-0.2, -0.15) is 5.10 Å². The van der Waals surface area contributed by atoms with Crippen molar-refractivity contribution in [3.8, 4) is 5.75 Å². The Bertz CT molecular complexity index is 1000. The maximum absolute atomic E-state index is 12.7. The zero-order valence-electron chi connectivity index (χ0n) is 16.7. The number of hydrogen-bond donors (Lipinski definition) is 4. The van der Waals surface area contributed by atoms with Crippen LogP contribution in [-0.2, 0) is 9.59 Å². The van der Waals surface area contributed by atoms with Gasteiger partial charge >= 0.3 is 11.8 Å². The average Bonchev–Trinajstić information content (AvgIpc) is 2.77. The molecule has 9 heteroatoms. The van der Waals surface area contributed by atoms with Gasteiger partial charge in [0, 0.05) is 16.1 Å². The van der Waals surface area contributed by atoms with E-state index < -0.39 is 11.8 Å². The summed E-state index contributed by atoms with van der Waals surface area (Å²) in [6.07, 6.45) is 6.44. The van der Waals surface area contributed by atoms with Crippen molar-refractivity contribution in [2.75, 3.05) is 5.32 Å². The molecule has 162 valence electrons. The van der Waals surface area contributed by atoms with Crippen LogP contribution in [0.2, 0.25) is 0 Å². The van der Waals surface area contributed by atoms with Gasteiger partial charge in [-0.05, 0) is 43.2 Å². The number of halogens is 1. The van der Waals surface area contributed by atoms with E-state index in [9.17, 15) is 19.5 Å². The molecule has 4 N–H and O–H groups in total. The number of phenols is 1. The number of carbonyl (C=O) groups is 3. The van der Waals surface area contributed by atoms with Gasteiger partial charge in [-0.15, -0.1) is 0 Å². The predicted octanol–water partition coefficient (Wildman–Crippen LogP) is 3.31. The van der Waals surface area contributed by atoms with Gasteiger partial charge in [-0.3, -0.25) is 14.4 Å². The molecule has 0 spiro atoms. The third-order valence-corrected chi connectivity index (χ3v) is 5.42. The second kappa shape index (κ2) is 10.7. The standard InChI is InChI=1S/C22H23BrN4O4/c23-15-10-11-19(28)14(12-15)13-24-27-22(31)21(30)26-18-9-5-4-8-17(18)20(29)25-16-6-2-1-3-7-16/h4-5,8-13,16,28H,1-3,6-7H2,(H,25,29)(H,26,30)(H,27,31)/b24-13-. The van der Waals surface area contributed by atoms with E-state index in [1.807, 2.05) is 0 Å². The predicted molar refractivity (Wildman–Crippen MR) is 121 cm³/mol. The lowest BCUT2D eigenvalue weighted by Crippen LogP contribution is -2.37. The molecule has 0 heterocycles. The van der Waals surface area contributed by atoms with E-state index in [1.54, 1.807) is 36.4 Å². The summed E-state index contributed by atoms with van der Waals surface area (Å²) in [5.74, 6) is -2.28. The first-order chi connectivity index (χ1) is 14.9. The van der Waals surface area contributed by atoms with Crippen molar-refractivity contribution in [3.05, 3.63) is 58.1 Å². The molecule has 0 saturated heterocycles. The van der Waals surface area contributed by atoms with E-state index in [-0.39, 0.29) is 28.9 Å². The Morgan fingerprint density at radius 1 is 1.03 bits per heavy atom. The number of anilines is 1. The van der Waals surface area contributed by atoms with Crippen LogP contribution in [-0.4, -0.2) is 35.1 Å². The minimum atomic E-state index is -1.01. The first kappa shape index (κ1) is 22.5. The number of hydrogen-bond acceptors (Lipinski definition) is 5. The molecule has 0 atom stereocenters. The summed E-state index contributed by atoms with van der Waals surface area (Å²) in [6, 6.07) is 11.4. The number of aromatic hydroxyl groups is 1. The largest absolute Gasteiger partial charge is 0.507 e. The Balaban J connectivity index is 1.60. The van der Waals surface area contributed by atoms with Crippen LogP contribution in [0.3, 0.4) is 0 Å². The van der Waals surface area contributed by atoms with Crippen LogP contribution in [0.25, 0.3) is 0 Å². The Hall–Kier alpha value is -3.20. The van der Waals surface area contributed by atoms with Crippen LogP contribution < -0.4 is 16.1 Å². The molecule has 31 heavy (non-hydrogen) atoms. The van der Waals surface area contributed by atoms with Crippen LogP contribution in [0.5, 0.6) is 5.75 Å². The molecule has 0 aromatic heterocycles. The quantitative estimate of drug-likeness (QED) is 0.294. The maximum Gasteiger partial charge on any atom is 0.329 e. The topological polar surface area (TPSA) is 120 Å². The van der Waals surface area contributed by atoms with E-state index in [0.717, 1.165) is 30.2 Å². The number of benzene rings is 2. The zero-order valence-corrected chi connectivity index (χ0v) is 18.3. The fourth-order valence-electron chi connectivity index (χ4n) is 3.32. The van der Waals surface area contributed by atoms with E-state index in [4.69, 9.17) is 0 Å². The fourth-order valence-corrected chi connectivity index (χ4v) is 3.70. The minimum absolute atomic E-state index is 0.0245. The smallest absolute Gasteiger partial charge is 0.329 e. The molecule has 0 radical (unpaired) electrons. The number of nitrogens with one attached hydrogen (secondary N) is 3. The molecule has 1 aliphatic rings. The van der Waals surface area contributed by atoms with E-state index in [2.05, 4.69) is 37.1 Å². The first-order valence-corrected chi connectivity index (χ1v) is 10.8. The van der Waals surface area contributed by atoms with E-state index >= 15 is 0 Å². The molecule has 0 unspecified atom stereocenters. The third-order valence-electron chi connectivity index (χ3n) is 4.93. The molecule has 1 fully saturated rings. The highest BCUT2D eigenvalue weighted by Gasteiger charge is 2.20. The second-order valence-electron chi connectivity index (χ2n) is 7.21. The summed E-state index contributed by atoms with van der Waals surface area (Å²) in [6.45, 7) is 0. The molecule has 2 aromatic rings. The summed E-state index contributed by atoms with van der Waals surface area (Å²) in [4.78, 5) is 37.0. The molecule has 0 aliphatic heterocycles. The molecule has 2 aromatic carbocycles. The van der Waals surface area contributed by atoms with Crippen molar-refractivity contribution < 1.29 is 19.5 Å². The summed E-state index contributed by atoms with van der Waals surface area (Å²) in [5.41, 5.74) is 2.99. The second-order valence-corrected chi connectivity index (χ2v) is 8.13. The number of carbonyl (C=O) groups excluding carboxylic acids is 3. The van der Waals surface area contributed by atoms with Crippen LogP contribution in [0.1, 0.15) is 48.0 Å². The summed E-state index contributed by atoms with van der Waals surface area (Å²) in [7, 11) is 0. The highest BCUT2D eigenvalue weighted by atomic mass is 79.9. The number of amides is 3. The summed E-state index contributed by atoms with van der Waals surface area (Å²) >= 11 is 3.27. The Morgan fingerprint density at radius 3 is 2.55 bits per heavy atom. The first-order valence-electron chi connectivity index (χ1n) is 9.97. The number of nitrogens with zero attached hydrogens (tertiary/aromatic N) is 1. The summed E-state index contributed by atoms with van der Waals surface area (Å²) < 4.78 is 0.721. The van der Waals surface area contributed by atoms with Crippen LogP contribution >= 0.6 is 15.9 Å². The van der Waals surface area contributed by atoms with Gasteiger partial charge in [0.2, 0.25) is 0 Å². The van der Waals surface area contributed by atoms with Gasteiger partial charge in [-0.25, -0.2) is 5.43 Å². The third kappa shape index (κ3) is 6.39. The summed E-state index contributed by atoms with van der Waals surface area (Å²) in [5, 5.41) is 18.9. The van der Waals surface area contributed by atoms with E-state index in [1.165, 1.54) is 18.7 Å². The Kier molecular flexibility index (Phi) is 7.77. The Morgan fingerprint density at radius 2 is 1.77 bits per heavy atom. The number of hydrazone groups is 1. The lowest BCUT2D eigenvalue weighted by Gasteiger charge is -2.23. The van der Waals surface area contributed by atoms with Gasteiger partial charge in [0.25, 0.3) is 5.91 Å². The van der Waals surface area contributed by atoms with Crippen LogP contribution in [0.4, 0.5) is 5.69 Å². The normalized spacial score (nSPS) is 14.2. The van der Waals surface area contributed by atoms with Crippen molar-refractivity contribution in [1.29, 1.82) is 0 Å². The van der Waals surface area contributed by atoms with Crippen LogP contribution in [0.15, 0.2) is 52.0 Å². The SMILES string of the molecule is O=C(N/N=C\c1cc(Br)ccc1O)C(=O)Nc1ccccc1C(=O)NC1CCCCC1. The minimum Gasteiger partial charge on any atom is -0.507 e. The van der Waals surface area contributed by atoms with Crippen molar-refractivity contribution in [2.45, 2.75) is 38.1 Å². The van der Waals surface area contributed by atoms with Gasteiger partial charge < -0.3 is 15.7 Å². The highest BCUT2D eigenvalue weighted by molar-refractivity contribution is 9.10. The average molecular weight is 487 g/mol. The molecule has 3 rings (SSSR count). The number of para-hydroxylation sites is 1. The molecule has 1 saturated carbocycles. The number of rotatable bonds is 5. The Labute approximate surface area is 188 Å². The van der Waals surface area contributed by atoms with Gasteiger partial charge in [0.1, 0.15) is 5.75 Å². The maximum atomic E-state index is 12.7. The van der Waals surface area contributed by atoms with Crippen molar-refractivity contribution in [3.63, 3.8) is 0 Å². The van der Waals surface area contributed by atoms with Crippen molar-refractivity contribution >= 4 is 45.6 Å². The van der Waals surface area contributed by atoms with E-state index in [0.29, 0.717) is 5.56 Å². The van der Waals surface area contributed by atoms with Gasteiger partial charge in [-0.1, -0.05) is 47.3 Å². The van der Waals surface area contributed by atoms with Gasteiger partial charge in [0.05, 0.1) is 17.5 Å². The van der Waals surface area contributed by atoms with Gasteiger partial charge in [0.15, 0.2) is 0 Å². The molecule has 0 bridgehead atoms. The zero-order chi connectivity index (χ0) is 22.2. The lowest BCUT2D eigenvalue weighted by molar-refractivity contribution is -0.136. The molecule has 3 amide bonds. The molecule has 8 nitrogen and oxygen atoms in total. The lowest BCUT2D eigenvalue weighted by atomic mass is 9.95. The van der Waals surface area contributed by atoms with Crippen molar-refractivity contribution in [1.82, 2.24) is 10.7 Å². The molecular formula is C22H23BrN4O4.